The summed E-state index contributed by atoms with van der Waals surface area (Å²) in [7, 11) is 1.95. The minimum Gasteiger partial charge on any atom is -0.379 e. The number of aromatic nitrogens is 1. The van der Waals surface area contributed by atoms with Gasteiger partial charge in [0.05, 0.1) is 12.6 Å². The summed E-state index contributed by atoms with van der Waals surface area (Å²) >= 11 is 0. The van der Waals surface area contributed by atoms with Crippen LogP contribution in [-0.2, 0) is 4.74 Å². The Morgan fingerprint density at radius 1 is 1.64 bits per heavy atom. The molecule has 1 unspecified atom stereocenters. The van der Waals surface area contributed by atoms with Crippen molar-refractivity contribution in [3.8, 4) is 0 Å². The van der Waals surface area contributed by atoms with Crippen molar-refractivity contribution in [1.29, 1.82) is 0 Å². The van der Waals surface area contributed by atoms with Crippen LogP contribution >= 0.6 is 0 Å². The first-order chi connectivity index (χ1) is 6.77. The van der Waals surface area contributed by atoms with Gasteiger partial charge in [0, 0.05) is 31.6 Å². The molecule has 4 heteroatoms. The second-order valence-electron chi connectivity index (χ2n) is 3.47. The van der Waals surface area contributed by atoms with E-state index in [0.29, 0.717) is 6.04 Å². The molecule has 76 valence electrons. The van der Waals surface area contributed by atoms with Crippen molar-refractivity contribution in [2.24, 2.45) is 0 Å². The topological polar surface area (TPSA) is 25.4 Å². The summed E-state index contributed by atoms with van der Waals surface area (Å²) in [5, 5.41) is 0. The molecular weight excluding hydrogens is 183 g/mol. The quantitative estimate of drug-likeness (QED) is 0.669. The van der Waals surface area contributed by atoms with Crippen LogP contribution < -0.4 is 4.90 Å². The molecule has 1 fully saturated rings. The molecule has 0 bridgehead atoms. The van der Waals surface area contributed by atoms with Gasteiger partial charge in [-0.3, -0.25) is 0 Å². The normalized spacial score (nSPS) is 21.1. The standard InChI is InChI=1S/C10H13FN2O/c1-13(9-3-5-14-7-9)8-2-4-12-10(11)6-8/h2,4,6,9H,3,5,7H2,1H3. The lowest BCUT2D eigenvalue weighted by Gasteiger charge is -2.25. The van der Waals surface area contributed by atoms with Crippen LogP contribution in [0.1, 0.15) is 6.42 Å². The molecular formula is C10H13FN2O. The molecule has 2 rings (SSSR count). The van der Waals surface area contributed by atoms with E-state index >= 15 is 0 Å². The van der Waals surface area contributed by atoms with E-state index in [1.807, 2.05) is 11.9 Å². The molecule has 1 atom stereocenters. The highest BCUT2D eigenvalue weighted by molar-refractivity contribution is 5.45. The largest absolute Gasteiger partial charge is 0.379 e. The summed E-state index contributed by atoms with van der Waals surface area (Å²) in [6, 6.07) is 3.61. The Balaban J connectivity index is 2.13. The second kappa shape index (κ2) is 3.92. The molecule has 0 amide bonds. The van der Waals surface area contributed by atoms with E-state index in [9.17, 15) is 4.39 Å². The van der Waals surface area contributed by atoms with Crippen LogP contribution in [0.15, 0.2) is 18.3 Å². The van der Waals surface area contributed by atoms with Crippen LogP contribution in [0, 0.1) is 5.95 Å². The van der Waals surface area contributed by atoms with Crippen LogP contribution in [-0.4, -0.2) is 31.3 Å². The number of ether oxygens (including phenoxy) is 1. The summed E-state index contributed by atoms with van der Waals surface area (Å²) in [5.41, 5.74) is 0.855. The van der Waals surface area contributed by atoms with Gasteiger partial charge in [0.25, 0.3) is 0 Å². The summed E-state index contributed by atoms with van der Waals surface area (Å²) in [6.45, 7) is 1.52. The van der Waals surface area contributed by atoms with Crippen molar-refractivity contribution in [2.75, 3.05) is 25.2 Å². The fraction of sp³-hybridized carbons (Fsp3) is 0.500. The molecule has 0 spiro atoms. The summed E-state index contributed by atoms with van der Waals surface area (Å²) in [6.07, 6.45) is 2.48. The first-order valence-corrected chi connectivity index (χ1v) is 4.69. The van der Waals surface area contributed by atoms with Crippen molar-refractivity contribution in [3.05, 3.63) is 24.3 Å². The number of anilines is 1. The highest BCUT2D eigenvalue weighted by Crippen LogP contribution is 2.19. The van der Waals surface area contributed by atoms with Crippen LogP contribution in [0.25, 0.3) is 0 Å². The average molecular weight is 196 g/mol. The first-order valence-electron chi connectivity index (χ1n) is 4.69. The van der Waals surface area contributed by atoms with Gasteiger partial charge in [-0.2, -0.15) is 4.39 Å². The lowest BCUT2D eigenvalue weighted by atomic mass is 10.2. The number of halogens is 1. The predicted molar refractivity (Wildman–Crippen MR) is 51.8 cm³/mol. The van der Waals surface area contributed by atoms with Gasteiger partial charge in [0.1, 0.15) is 0 Å². The molecule has 1 aliphatic heterocycles. The van der Waals surface area contributed by atoms with Crippen LogP contribution in [0.3, 0.4) is 0 Å². The maximum Gasteiger partial charge on any atom is 0.214 e. The molecule has 14 heavy (non-hydrogen) atoms. The molecule has 1 aliphatic rings. The Bertz CT molecular complexity index is 313. The molecule has 1 aromatic rings. The van der Waals surface area contributed by atoms with Gasteiger partial charge in [-0.15, -0.1) is 0 Å². The third-order valence-corrected chi connectivity index (χ3v) is 2.57. The van der Waals surface area contributed by atoms with E-state index < -0.39 is 5.95 Å². The first kappa shape index (κ1) is 9.40. The van der Waals surface area contributed by atoms with E-state index in [1.165, 1.54) is 12.3 Å². The zero-order chi connectivity index (χ0) is 9.97. The zero-order valence-corrected chi connectivity index (χ0v) is 8.11. The second-order valence-corrected chi connectivity index (χ2v) is 3.47. The van der Waals surface area contributed by atoms with E-state index in [2.05, 4.69) is 4.98 Å². The Kier molecular flexibility index (Phi) is 2.63. The number of rotatable bonds is 2. The van der Waals surface area contributed by atoms with Crippen LogP contribution in [0.4, 0.5) is 10.1 Å². The van der Waals surface area contributed by atoms with E-state index in [0.717, 1.165) is 25.3 Å². The Morgan fingerprint density at radius 3 is 3.14 bits per heavy atom. The zero-order valence-electron chi connectivity index (χ0n) is 8.11. The fourth-order valence-corrected chi connectivity index (χ4v) is 1.65. The van der Waals surface area contributed by atoms with Gasteiger partial charge in [-0.1, -0.05) is 0 Å². The molecule has 0 saturated carbocycles. The van der Waals surface area contributed by atoms with Crippen LogP contribution in [0.5, 0.6) is 0 Å². The fourth-order valence-electron chi connectivity index (χ4n) is 1.65. The minimum atomic E-state index is -0.437. The van der Waals surface area contributed by atoms with Crippen LogP contribution in [0.2, 0.25) is 0 Å². The molecule has 2 heterocycles. The number of hydrogen-bond acceptors (Lipinski definition) is 3. The maximum absolute atomic E-state index is 12.8. The van der Waals surface area contributed by atoms with Crippen molar-refractivity contribution < 1.29 is 9.13 Å². The molecule has 1 aromatic heterocycles. The molecule has 0 aliphatic carbocycles. The average Bonchev–Trinajstić information content (AvgIpc) is 2.69. The summed E-state index contributed by atoms with van der Waals surface area (Å²) < 4.78 is 18.1. The van der Waals surface area contributed by atoms with Gasteiger partial charge in [0.2, 0.25) is 5.95 Å². The third-order valence-electron chi connectivity index (χ3n) is 2.57. The van der Waals surface area contributed by atoms with Gasteiger partial charge in [0.15, 0.2) is 0 Å². The smallest absolute Gasteiger partial charge is 0.214 e. The highest BCUT2D eigenvalue weighted by Gasteiger charge is 2.20. The van der Waals surface area contributed by atoms with Gasteiger partial charge < -0.3 is 9.64 Å². The number of likely N-dealkylation sites (N-methyl/N-ethyl adjacent to an activating group) is 1. The lowest BCUT2D eigenvalue weighted by Crippen LogP contribution is -2.31. The molecule has 3 nitrogen and oxygen atoms in total. The number of pyridine rings is 1. The van der Waals surface area contributed by atoms with Gasteiger partial charge in [-0.05, 0) is 12.5 Å². The Labute approximate surface area is 82.5 Å². The van der Waals surface area contributed by atoms with E-state index in [4.69, 9.17) is 4.74 Å². The van der Waals surface area contributed by atoms with Gasteiger partial charge in [-0.25, -0.2) is 4.98 Å². The Hall–Kier alpha value is -1.16. The molecule has 0 aromatic carbocycles. The molecule has 0 N–H and O–H groups in total. The Morgan fingerprint density at radius 2 is 2.50 bits per heavy atom. The van der Waals surface area contributed by atoms with Crippen molar-refractivity contribution in [1.82, 2.24) is 4.98 Å². The minimum absolute atomic E-state index is 0.358. The van der Waals surface area contributed by atoms with Crippen molar-refractivity contribution in [2.45, 2.75) is 12.5 Å². The molecule has 0 radical (unpaired) electrons. The SMILES string of the molecule is CN(c1ccnc(F)c1)C1CCOC1. The van der Waals surface area contributed by atoms with Crippen molar-refractivity contribution >= 4 is 5.69 Å². The van der Waals surface area contributed by atoms with Gasteiger partial charge >= 0.3 is 0 Å². The third kappa shape index (κ3) is 1.85. The lowest BCUT2D eigenvalue weighted by molar-refractivity contribution is 0.193. The van der Waals surface area contributed by atoms with E-state index in [1.54, 1.807) is 6.07 Å². The number of hydrogen-bond donors (Lipinski definition) is 0. The number of nitrogens with zero attached hydrogens (tertiary/aromatic N) is 2. The van der Waals surface area contributed by atoms with Crippen molar-refractivity contribution in [3.63, 3.8) is 0 Å². The summed E-state index contributed by atoms with van der Waals surface area (Å²) in [5.74, 6) is -0.437. The summed E-state index contributed by atoms with van der Waals surface area (Å²) in [4.78, 5) is 5.56. The predicted octanol–water partition coefficient (Wildman–Crippen LogP) is 1.45. The monoisotopic (exact) mass is 196 g/mol. The molecule has 1 saturated heterocycles. The highest BCUT2D eigenvalue weighted by atomic mass is 19.1. The maximum atomic E-state index is 12.8. The van der Waals surface area contributed by atoms with E-state index in [-0.39, 0.29) is 0 Å².